The molecule has 8 nitrogen and oxygen atoms in total. The first-order valence-electron chi connectivity index (χ1n) is 10.5. The number of methoxy groups -OCH3 is 1. The normalized spacial score (nSPS) is 13.8. The third-order valence-corrected chi connectivity index (χ3v) is 5.84. The van der Waals surface area contributed by atoms with Gasteiger partial charge in [-0.1, -0.05) is 12.1 Å². The number of carbonyl (C=O) groups excluding carboxylic acids is 2. The maximum atomic E-state index is 13.0. The summed E-state index contributed by atoms with van der Waals surface area (Å²) in [6.45, 7) is 7.15. The van der Waals surface area contributed by atoms with Gasteiger partial charge in [-0.25, -0.2) is 9.48 Å². The largest absolute Gasteiger partial charge is 0.465 e. The Kier molecular flexibility index (Phi) is 5.85. The number of amides is 1. The van der Waals surface area contributed by atoms with Crippen LogP contribution in [-0.2, 0) is 4.74 Å². The molecule has 2 N–H and O–H groups in total. The fraction of sp³-hybridized carbons (Fsp3) is 0.292. The monoisotopic (exact) mass is 433 g/mol. The number of aromatic nitrogens is 2. The van der Waals surface area contributed by atoms with Crippen molar-refractivity contribution in [2.75, 3.05) is 43.9 Å². The van der Waals surface area contributed by atoms with Gasteiger partial charge in [-0.3, -0.25) is 4.79 Å². The molecule has 1 aliphatic rings. The second-order valence-electron chi connectivity index (χ2n) is 7.96. The number of piperazine rings is 1. The molecule has 1 amide bonds. The van der Waals surface area contributed by atoms with Crippen LogP contribution < -0.4 is 10.6 Å². The Balaban J connectivity index is 1.43. The molecule has 0 atom stereocenters. The average molecular weight is 434 g/mol. The molecule has 1 fully saturated rings. The van der Waals surface area contributed by atoms with Gasteiger partial charge in [0.25, 0.3) is 5.91 Å². The van der Waals surface area contributed by atoms with Crippen molar-refractivity contribution in [1.82, 2.24) is 14.7 Å². The van der Waals surface area contributed by atoms with Crippen molar-refractivity contribution in [2.45, 2.75) is 13.8 Å². The number of aryl methyl sites for hydroxylation is 2. The number of benzene rings is 2. The molecule has 4 rings (SSSR count). The molecule has 8 heteroatoms. The molecule has 0 unspecified atom stereocenters. The van der Waals surface area contributed by atoms with E-state index in [-0.39, 0.29) is 17.3 Å². The molecule has 166 valence electrons. The maximum absolute atomic E-state index is 13.0. The minimum Gasteiger partial charge on any atom is -0.465 e. The highest BCUT2D eigenvalue weighted by Gasteiger charge is 2.23. The third kappa shape index (κ3) is 4.03. The molecule has 0 radical (unpaired) electrons. The van der Waals surface area contributed by atoms with E-state index in [1.54, 1.807) is 24.3 Å². The Morgan fingerprint density at radius 3 is 2.34 bits per heavy atom. The number of ether oxygens (including phenoxy) is 1. The van der Waals surface area contributed by atoms with E-state index in [0.717, 1.165) is 13.1 Å². The quantitative estimate of drug-likeness (QED) is 0.636. The maximum Gasteiger partial charge on any atom is 0.343 e. The molecular weight excluding hydrogens is 406 g/mol. The van der Waals surface area contributed by atoms with E-state index in [4.69, 9.17) is 10.5 Å². The van der Waals surface area contributed by atoms with Crippen LogP contribution in [0.15, 0.2) is 48.7 Å². The third-order valence-electron chi connectivity index (χ3n) is 5.84. The number of rotatable bonds is 4. The van der Waals surface area contributed by atoms with Gasteiger partial charge in [-0.2, -0.15) is 5.10 Å². The van der Waals surface area contributed by atoms with Crippen LogP contribution in [-0.4, -0.2) is 59.8 Å². The second-order valence-corrected chi connectivity index (χ2v) is 7.96. The van der Waals surface area contributed by atoms with E-state index in [2.05, 4.69) is 42.0 Å². The Labute approximate surface area is 187 Å². The highest BCUT2D eigenvalue weighted by Crippen LogP contribution is 2.24. The van der Waals surface area contributed by atoms with Gasteiger partial charge in [0.1, 0.15) is 11.4 Å². The summed E-state index contributed by atoms with van der Waals surface area (Å²) in [7, 11) is 1.29. The highest BCUT2D eigenvalue weighted by molar-refractivity contribution is 5.95. The lowest BCUT2D eigenvalue weighted by molar-refractivity contribution is 0.0601. The second kappa shape index (κ2) is 8.74. The summed E-state index contributed by atoms with van der Waals surface area (Å²) >= 11 is 0. The number of hydrogen-bond acceptors (Lipinski definition) is 6. The first-order valence-corrected chi connectivity index (χ1v) is 10.5. The van der Waals surface area contributed by atoms with Crippen molar-refractivity contribution in [3.63, 3.8) is 0 Å². The lowest BCUT2D eigenvalue weighted by Crippen LogP contribution is -2.49. The van der Waals surface area contributed by atoms with Gasteiger partial charge in [-0.05, 0) is 55.3 Å². The van der Waals surface area contributed by atoms with Crippen LogP contribution in [0.5, 0.6) is 0 Å². The molecule has 32 heavy (non-hydrogen) atoms. The van der Waals surface area contributed by atoms with Crippen LogP contribution in [0.25, 0.3) is 5.69 Å². The molecule has 1 saturated heterocycles. The molecule has 0 saturated carbocycles. The summed E-state index contributed by atoms with van der Waals surface area (Å²) in [4.78, 5) is 29.0. The molecular formula is C24H27N5O3. The number of anilines is 2. The van der Waals surface area contributed by atoms with Crippen LogP contribution in [0.2, 0.25) is 0 Å². The Bertz CT molecular complexity index is 1140. The molecule has 3 aromatic rings. The molecule has 0 bridgehead atoms. The van der Waals surface area contributed by atoms with Crippen LogP contribution in [0.4, 0.5) is 11.5 Å². The highest BCUT2D eigenvalue weighted by atomic mass is 16.5. The van der Waals surface area contributed by atoms with Gasteiger partial charge in [0, 0.05) is 37.4 Å². The van der Waals surface area contributed by atoms with Crippen molar-refractivity contribution < 1.29 is 14.3 Å². The van der Waals surface area contributed by atoms with Crippen LogP contribution >= 0.6 is 0 Å². The zero-order chi connectivity index (χ0) is 22.8. The summed E-state index contributed by atoms with van der Waals surface area (Å²) in [6.07, 6.45) is 1.37. The number of nitrogens with zero attached hydrogens (tertiary/aromatic N) is 4. The van der Waals surface area contributed by atoms with Crippen molar-refractivity contribution in [3.8, 4) is 5.69 Å². The topological polar surface area (TPSA) is 93.7 Å². The molecule has 0 spiro atoms. The van der Waals surface area contributed by atoms with Gasteiger partial charge in [0.15, 0.2) is 0 Å². The fourth-order valence-corrected chi connectivity index (χ4v) is 3.97. The van der Waals surface area contributed by atoms with Crippen LogP contribution in [0.3, 0.4) is 0 Å². The predicted molar refractivity (Wildman–Crippen MR) is 123 cm³/mol. The van der Waals surface area contributed by atoms with Gasteiger partial charge in [0.05, 0.1) is 19.0 Å². The number of hydrogen-bond donors (Lipinski definition) is 1. The minimum absolute atomic E-state index is 0.000788. The number of carbonyl (C=O) groups is 2. The van der Waals surface area contributed by atoms with Gasteiger partial charge >= 0.3 is 5.97 Å². The van der Waals surface area contributed by atoms with E-state index in [0.29, 0.717) is 24.3 Å². The predicted octanol–water partition coefficient (Wildman–Crippen LogP) is 2.82. The van der Waals surface area contributed by atoms with E-state index >= 15 is 0 Å². The SMILES string of the molecule is COC(=O)c1cnn(-c2ccc(C(=O)N3CCN(c4cc(C)ccc4C)CC3)cc2)c1N. The average Bonchev–Trinajstić information content (AvgIpc) is 3.21. The molecule has 1 aromatic heterocycles. The lowest BCUT2D eigenvalue weighted by Gasteiger charge is -2.37. The van der Waals surface area contributed by atoms with Crippen molar-refractivity contribution in [3.05, 3.63) is 70.9 Å². The minimum atomic E-state index is -0.541. The number of nitrogens with two attached hydrogens (primary N) is 1. The first-order chi connectivity index (χ1) is 15.4. The van der Waals surface area contributed by atoms with Crippen molar-refractivity contribution in [2.24, 2.45) is 0 Å². The zero-order valence-electron chi connectivity index (χ0n) is 18.5. The summed E-state index contributed by atoms with van der Waals surface area (Å²) < 4.78 is 6.15. The zero-order valence-corrected chi connectivity index (χ0v) is 18.5. The molecule has 2 heterocycles. The number of esters is 1. The van der Waals surface area contributed by atoms with E-state index in [9.17, 15) is 9.59 Å². The number of nitrogen functional groups attached to an aromatic ring is 1. The summed E-state index contributed by atoms with van der Waals surface area (Å²) in [6, 6.07) is 13.5. The van der Waals surface area contributed by atoms with E-state index in [1.165, 1.54) is 34.8 Å². The Morgan fingerprint density at radius 2 is 1.69 bits per heavy atom. The van der Waals surface area contributed by atoms with Crippen molar-refractivity contribution >= 4 is 23.4 Å². The lowest BCUT2D eigenvalue weighted by atomic mass is 10.1. The van der Waals surface area contributed by atoms with Gasteiger partial charge in [-0.15, -0.1) is 0 Å². The fourth-order valence-electron chi connectivity index (χ4n) is 3.97. The molecule has 2 aromatic carbocycles. The smallest absolute Gasteiger partial charge is 0.343 e. The van der Waals surface area contributed by atoms with Gasteiger partial charge < -0.3 is 20.3 Å². The summed E-state index contributed by atoms with van der Waals surface area (Å²) in [5.41, 5.74) is 11.2. The summed E-state index contributed by atoms with van der Waals surface area (Å²) in [5, 5.41) is 4.16. The molecule has 1 aliphatic heterocycles. The van der Waals surface area contributed by atoms with Crippen LogP contribution in [0, 0.1) is 13.8 Å². The molecule has 0 aliphatic carbocycles. The summed E-state index contributed by atoms with van der Waals surface area (Å²) in [5.74, 6) is -0.347. The Hall–Kier alpha value is -3.81. The first kappa shape index (κ1) is 21.4. The van der Waals surface area contributed by atoms with E-state index < -0.39 is 5.97 Å². The van der Waals surface area contributed by atoms with Crippen LogP contribution in [0.1, 0.15) is 31.8 Å². The Morgan fingerprint density at radius 1 is 1.00 bits per heavy atom. The van der Waals surface area contributed by atoms with Crippen molar-refractivity contribution in [1.29, 1.82) is 0 Å². The van der Waals surface area contributed by atoms with E-state index in [1.807, 2.05) is 4.90 Å². The van der Waals surface area contributed by atoms with Gasteiger partial charge in [0.2, 0.25) is 0 Å². The standard InChI is InChI=1S/C24H27N5O3/c1-16-4-5-17(2)21(14-16)27-10-12-28(13-11-27)23(30)18-6-8-19(9-7-18)29-22(25)20(15-26-29)24(31)32-3/h4-9,14-15H,10-13,25H2,1-3H3.